The average Bonchev–Trinajstić information content (AvgIpc) is 2.98. The molecule has 5 nitrogen and oxygen atoms in total. The number of amides is 1. The fourth-order valence-corrected chi connectivity index (χ4v) is 2.72. The van der Waals surface area contributed by atoms with Crippen molar-refractivity contribution in [1.82, 2.24) is 15.1 Å². The first-order valence-electron chi connectivity index (χ1n) is 7.56. The first kappa shape index (κ1) is 15.8. The smallest absolute Gasteiger partial charge is 0.244 e. The SMILES string of the molecule is O=C(C=Cc1ccccc1Cl)NCCn1ncc2c1CCOC2. The number of fused-ring (bicyclic) bond motifs is 1. The summed E-state index contributed by atoms with van der Waals surface area (Å²) in [6.07, 6.45) is 5.92. The second-order valence-corrected chi connectivity index (χ2v) is 5.70. The number of halogens is 1. The Kier molecular flexibility index (Phi) is 5.10. The van der Waals surface area contributed by atoms with E-state index in [4.69, 9.17) is 16.3 Å². The topological polar surface area (TPSA) is 56.2 Å². The number of nitrogens with zero attached hydrogens (tertiary/aromatic N) is 2. The number of rotatable bonds is 5. The molecule has 1 aromatic heterocycles. The van der Waals surface area contributed by atoms with E-state index >= 15 is 0 Å². The summed E-state index contributed by atoms with van der Waals surface area (Å²) in [5.74, 6) is -0.144. The molecule has 0 unspecified atom stereocenters. The second-order valence-electron chi connectivity index (χ2n) is 5.29. The largest absolute Gasteiger partial charge is 0.376 e. The third kappa shape index (κ3) is 4.00. The zero-order chi connectivity index (χ0) is 16.1. The Morgan fingerprint density at radius 3 is 3.17 bits per heavy atom. The minimum absolute atomic E-state index is 0.144. The molecule has 1 aliphatic heterocycles. The third-order valence-electron chi connectivity index (χ3n) is 3.72. The molecule has 0 aliphatic carbocycles. The summed E-state index contributed by atoms with van der Waals surface area (Å²) < 4.78 is 7.33. The summed E-state index contributed by atoms with van der Waals surface area (Å²) in [5.41, 5.74) is 3.17. The number of hydrogen-bond donors (Lipinski definition) is 1. The van der Waals surface area contributed by atoms with Gasteiger partial charge in [0, 0.05) is 35.3 Å². The minimum atomic E-state index is -0.144. The fraction of sp³-hybridized carbons (Fsp3) is 0.294. The summed E-state index contributed by atoms with van der Waals surface area (Å²) >= 11 is 6.04. The van der Waals surface area contributed by atoms with E-state index in [2.05, 4.69) is 10.4 Å². The van der Waals surface area contributed by atoms with Gasteiger partial charge >= 0.3 is 0 Å². The van der Waals surface area contributed by atoms with Crippen LogP contribution in [0.2, 0.25) is 5.02 Å². The molecular formula is C17H18ClN3O2. The first-order valence-corrected chi connectivity index (χ1v) is 7.93. The zero-order valence-corrected chi connectivity index (χ0v) is 13.4. The minimum Gasteiger partial charge on any atom is -0.376 e. The number of ether oxygens (including phenoxy) is 1. The molecule has 3 rings (SSSR count). The van der Waals surface area contributed by atoms with E-state index < -0.39 is 0 Å². The molecule has 0 saturated carbocycles. The van der Waals surface area contributed by atoms with Crippen LogP contribution in [0.4, 0.5) is 0 Å². The van der Waals surface area contributed by atoms with E-state index in [0.29, 0.717) is 24.7 Å². The predicted octanol–water partition coefficient (Wildman–Crippen LogP) is 2.44. The molecule has 1 aliphatic rings. The number of aromatic nitrogens is 2. The molecule has 2 aromatic rings. The summed E-state index contributed by atoms with van der Waals surface area (Å²) in [6, 6.07) is 7.40. The van der Waals surface area contributed by atoms with E-state index in [1.807, 2.05) is 29.1 Å². The molecule has 120 valence electrons. The summed E-state index contributed by atoms with van der Waals surface area (Å²) in [7, 11) is 0. The first-order chi connectivity index (χ1) is 11.2. The van der Waals surface area contributed by atoms with Crippen molar-refractivity contribution < 1.29 is 9.53 Å². The summed E-state index contributed by atoms with van der Waals surface area (Å²) in [5, 5.41) is 7.83. The van der Waals surface area contributed by atoms with Crippen LogP contribution in [0.3, 0.4) is 0 Å². The molecule has 0 saturated heterocycles. The lowest BCUT2D eigenvalue weighted by atomic mass is 10.2. The molecule has 23 heavy (non-hydrogen) atoms. The molecule has 0 spiro atoms. The zero-order valence-electron chi connectivity index (χ0n) is 12.7. The van der Waals surface area contributed by atoms with Crippen molar-refractivity contribution in [2.24, 2.45) is 0 Å². The van der Waals surface area contributed by atoms with Crippen LogP contribution < -0.4 is 5.32 Å². The van der Waals surface area contributed by atoms with Crippen LogP contribution in [-0.4, -0.2) is 28.8 Å². The molecule has 0 atom stereocenters. The number of nitrogens with one attached hydrogen (secondary N) is 1. The van der Waals surface area contributed by atoms with Crippen molar-refractivity contribution in [3.63, 3.8) is 0 Å². The van der Waals surface area contributed by atoms with Gasteiger partial charge in [-0.15, -0.1) is 0 Å². The molecule has 0 fully saturated rings. The molecule has 1 amide bonds. The summed E-state index contributed by atoms with van der Waals surface area (Å²) in [6.45, 7) is 2.54. The molecule has 0 bridgehead atoms. The van der Waals surface area contributed by atoms with Gasteiger partial charge in [-0.25, -0.2) is 0 Å². The fourth-order valence-electron chi connectivity index (χ4n) is 2.52. The van der Waals surface area contributed by atoms with Crippen LogP contribution in [0.25, 0.3) is 6.08 Å². The maximum Gasteiger partial charge on any atom is 0.244 e. The van der Waals surface area contributed by atoms with Gasteiger partial charge in [0.2, 0.25) is 5.91 Å². The van der Waals surface area contributed by atoms with Crippen molar-refractivity contribution in [3.8, 4) is 0 Å². The van der Waals surface area contributed by atoms with Crippen LogP contribution in [0.1, 0.15) is 16.8 Å². The number of benzene rings is 1. The Bertz CT molecular complexity index is 724. The number of carbonyl (C=O) groups is 1. The normalized spacial score (nSPS) is 14.0. The van der Waals surface area contributed by atoms with E-state index in [9.17, 15) is 4.79 Å². The standard InChI is InChI=1S/C17H18ClN3O2/c18-15-4-2-1-3-13(15)5-6-17(22)19-8-9-21-16-7-10-23-12-14(16)11-20-21/h1-6,11H,7-10,12H2,(H,19,22). The third-order valence-corrected chi connectivity index (χ3v) is 4.06. The Morgan fingerprint density at radius 1 is 1.43 bits per heavy atom. The van der Waals surface area contributed by atoms with Crippen molar-refractivity contribution >= 4 is 23.6 Å². The highest BCUT2D eigenvalue weighted by Gasteiger charge is 2.14. The van der Waals surface area contributed by atoms with Crippen molar-refractivity contribution in [3.05, 3.63) is 58.4 Å². The van der Waals surface area contributed by atoms with Crippen LogP contribution >= 0.6 is 11.6 Å². The van der Waals surface area contributed by atoms with Crippen LogP contribution in [0.5, 0.6) is 0 Å². The highest BCUT2D eigenvalue weighted by molar-refractivity contribution is 6.32. The Hall–Kier alpha value is -2.11. The summed E-state index contributed by atoms with van der Waals surface area (Å²) in [4.78, 5) is 11.9. The quantitative estimate of drug-likeness (QED) is 0.856. The van der Waals surface area contributed by atoms with Gasteiger partial charge in [0.1, 0.15) is 0 Å². The average molecular weight is 332 g/mol. The Labute approximate surface area is 139 Å². The van der Waals surface area contributed by atoms with Crippen molar-refractivity contribution in [2.75, 3.05) is 13.2 Å². The van der Waals surface area contributed by atoms with Crippen molar-refractivity contribution in [1.29, 1.82) is 0 Å². The Balaban J connectivity index is 1.50. The van der Waals surface area contributed by atoms with Gasteiger partial charge in [0.25, 0.3) is 0 Å². The van der Waals surface area contributed by atoms with Gasteiger partial charge in [0.05, 0.1) is 26.0 Å². The van der Waals surface area contributed by atoms with Crippen LogP contribution in [0, 0.1) is 0 Å². The molecule has 6 heteroatoms. The Morgan fingerprint density at radius 2 is 2.30 bits per heavy atom. The monoisotopic (exact) mass is 331 g/mol. The van der Waals surface area contributed by atoms with E-state index in [1.54, 1.807) is 12.1 Å². The molecule has 1 N–H and O–H groups in total. The molecule has 1 aromatic carbocycles. The van der Waals surface area contributed by atoms with E-state index in [0.717, 1.165) is 24.2 Å². The highest BCUT2D eigenvalue weighted by atomic mass is 35.5. The lowest BCUT2D eigenvalue weighted by Crippen LogP contribution is -2.26. The van der Waals surface area contributed by atoms with Gasteiger partial charge in [-0.3, -0.25) is 9.48 Å². The second kappa shape index (κ2) is 7.44. The van der Waals surface area contributed by atoms with Gasteiger partial charge in [-0.1, -0.05) is 29.8 Å². The van der Waals surface area contributed by atoms with Gasteiger partial charge < -0.3 is 10.1 Å². The van der Waals surface area contributed by atoms with Gasteiger partial charge in [0.15, 0.2) is 0 Å². The van der Waals surface area contributed by atoms with E-state index in [1.165, 1.54) is 11.8 Å². The lowest BCUT2D eigenvalue weighted by Gasteiger charge is -2.14. The maximum absolute atomic E-state index is 11.9. The maximum atomic E-state index is 11.9. The van der Waals surface area contributed by atoms with Crippen LogP contribution in [-0.2, 0) is 29.1 Å². The lowest BCUT2D eigenvalue weighted by molar-refractivity contribution is -0.116. The predicted molar refractivity (Wildman–Crippen MR) is 89.1 cm³/mol. The van der Waals surface area contributed by atoms with Crippen LogP contribution in [0.15, 0.2) is 36.5 Å². The van der Waals surface area contributed by atoms with Gasteiger partial charge in [-0.05, 0) is 17.7 Å². The molecular weight excluding hydrogens is 314 g/mol. The van der Waals surface area contributed by atoms with Crippen molar-refractivity contribution in [2.45, 2.75) is 19.6 Å². The number of carbonyl (C=O) groups excluding carboxylic acids is 1. The molecule has 0 radical (unpaired) electrons. The number of hydrogen-bond acceptors (Lipinski definition) is 3. The highest BCUT2D eigenvalue weighted by Crippen LogP contribution is 2.16. The molecule has 2 heterocycles. The van der Waals surface area contributed by atoms with Gasteiger partial charge in [-0.2, -0.15) is 5.10 Å². The van der Waals surface area contributed by atoms with E-state index in [-0.39, 0.29) is 5.91 Å².